The first-order valence-electron chi connectivity index (χ1n) is 8.05. The van der Waals surface area contributed by atoms with Crippen molar-refractivity contribution >= 4 is 39.5 Å². The highest BCUT2D eigenvalue weighted by Crippen LogP contribution is 2.35. The van der Waals surface area contributed by atoms with Gasteiger partial charge >= 0.3 is 0 Å². The van der Waals surface area contributed by atoms with Crippen LogP contribution in [0.15, 0.2) is 18.2 Å². The van der Waals surface area contributed by atoms with Crippen molar-refractivity contribution in [3.8, 4) is 5.75 Å². The molecule has 1 aliphatic rings. The van der Waals surface area contributed by atoms with Gasteiger partial charge in [0.25, 0.3) is 6.47 Å². The maximum absolute atomic E-state index is 11.4. The summed E-state index contributed by atoms with van der Waals surface area (Å²) in [6.07, 6.45) is 0. The zero-order valence-electron chi connectivity index (χ0n) is 15.2. The Labute approximate surface area is 159 Å². The van der Waals surface area contributed by atoms with Crippen LogP contribution in [-0.2, 0) is 19.6 Å². The van der Waals surface area contributed by atoms with Crippen LogP contribution in [0.5, 0.6) is 5.75 Å². The van der Waals surface area contributed by atoms with Gasteiger partial charge in [-0.15, -0.1) is 11.6 Å². The molecule has 2 rings (SSSR count). The van der Waals surface area contributed by atoms with Gasteiger partial charge in [-0.3, -0.25) is 9.52 Å². The molecule has 1 aromatic carbocycles. The summed E-state index contributed by atoms with van der Waals surface area (Å²) in [5, 5.41) is 12.8. The number of aromatic hydroxyl groups is 1. The van der Waals surface area contributed by atoms with Gasteiger partial charge in [-0.2, -0.15) is 0 Å². The lowest BCUT2D eigenvalue weighted by atomic mass is 10.2. The minimum absolute atomic E-state index is 0.0712. The molecule has 1 heterocycles. The van der Waals surface area contributed by atoms with Gasteiger partial charge in [-0.05, 0) is 32.9 Å². The molecule has 10 heteroatoms. The number of carbonyl (C=O) groups excluding carboxylic acids is 1. The topological polar surface area (TPSA) is 108 Å². The number of ether oxygens (including phenoxy) is 1. The fourth-order valence-corrected chi connectivity index (χ4v) is 2.83. The predicted molar refractivity (Wildman–Crippen MR) is 103 cm³/mol. The number of rotatable bonds is 5. The fraction of sp³-hybridized carbons (Fsp3) is 0.562. The summed E-state index contributed by atoms with van der Waals surface area (Å²) in [6, 6.07) is 4.97. The van der Waals surface area contributed by atoms with Crippen molar-refractivity contribution in [2.45, 2.75) is 26.4 Å². The Balaban J connectivity index is 0.000000412. The summed E-state index contributed by atoms with van der Waals surface area (Å²) in [7, 11) is -3.62. The van der Waals surface area contributed by atoms with E-state index in [1.54, 1.807) is 12.1 Å². The number of carbonyl (C=O) groups is 1. The zero-order chi connectivity index (χ0) is 19.8. The van der Waals surface area contributed by atoms with Crippen LogP contribution < -0.4 is 14.9 Å². The third-order valence-electron chi connectivity index (χ3n) is 3.28. The average Bonchev–Trinajstić information content (AvgIpc) is 2.57. The van der Waals surface area contributed by atoms with E-state index in [4.69, 9.17) is 11.6 Å². The van der Waals surface area contributed by atoms with Gasteiger partial charge < -0.3 is 20.1 Å². The number of alkyl halides is 1. The highest BCUT2D eigenvalue weighted by molar-refractivity contribution is 7.93. The molecule has 0 amide bonds. The molecule has 0 atom stereocenters. The molecule has 0 bridgehead atoms. The normalized spacial score (nSPS) is 14.8. The van der Waals surface area contributed by atoms with Crippen molar-refractivity contribution in [2.24, 2.45) is 0 Å². The maximum Gasteiger partial charge on any atom is 0.293 e. The van der Waals surface area contributed by atoms with E-state index in [0.29, 0.717) is 12.2 Å². The second-order valence-corrected chi connectivity index (χ2v) is 8.87. The van der Waals surface area contributed by atoms with Crippen molar-refractivity contribution in [3.63, 3.8) is 0 Å². The number of halogens is 1. The molecule has 0 aromatic heterocycles. The molecule has 148 valence electrons. The van der Waals surface area contributed by atoms with Crippen LogP contribution >= 0.6 is 11.6 Å². The third-order valence-corrected chi connectivity index (χ3v) is 4.96. The van der Waals surface area contributed by atoms with E-state index in [2.05, 4.69) is 14.8 Å². The largest absolute Gasteiger partial charge is 0.504 e. The molecule has 0 unspecified atom stereocenters. The molecular weight excluding hydrogens is 382 g/mol. The van der Waals surface area contributed by atoms with E-state index < -0.39 is 15.2 Å². The lowest BCUT2D eigenvalue weighted by Gasteiger charge is -2.30. The van der Waals surface area contributed by atoms with Crippen LogP contribution in [0.25, 0.3) is 0 Å². The van der Waals surface area contributed by atoms with Crippen molar-refractivity contribution in [1.82, 2.24) is 5.32 Å². The summed E-state index contributed by atoms with van der Waals surface area (Å²) < 4.78 is 29.7. The summed E-state index contributed by atoms with van der Waals surface area (Å²) in [4.78, 5) is 11.6. The van der Waals surface area contributed by atoms with Gasteiger partial charge in [-0.25, -0.2) is 8.42 Å². The Hall–Kier alpha value is -1.71. The first-order valence-corrected chi connectivity index (χ1v) is 10.2. The quantitative estimate of drug-likeness (QED) is 0.387. The Morgan fingerprint density at radius 2 is 1.96 bits per heavy atom. The summed E-state index contributed by atoms with van der Waals surface area (Å²) >= 11 is 5.33. The van der Waals surface area contributed by atoms with Crippen LogP contribution in [0.2, 0.25) is 0 Å². The number of hydrogen-bond acceptors (Lipinski definition) is 7. The van der Waals surface area contributed by atoms with E-state index in [-0.39, 0.29) is 17.0 Å². The van der Waals surface area contributed by atoms with E-state index >= 15 is 0 Å². The molecule has 0 aliphatic carbocycles. The third kappa shape index (κ3) is 7.67. The first kappa shape index (κ1) is 22.3. The summed E-state index contributed by atoms with van der Waals surface area (Å²) in [5.74, 6) is -0.0712. The first-order chi connectivity index (χ1) is 12.1. The van der Waals surface area contributed by atoms with Crippen LogP contribution in [-0.4, -0.2) is 57.0 Å². The fourth-order valence-electron chi connectivity index (χ4n) is 2.11. The number of nitrogens with zero attached hydrogens (tertiary/aromatic N) is 1. The zero-order valence-corrected chi connectivity index (χ0v) is 16.7. The molecule has 26 heavy (non-hydrogen) atoms. The molecule has 0 spiro atoms. The molecule has 1 aliphatic heterocycles. The van der Waals surface area contributed by atoms with Crippen LogP contribution in [0.1, 0.15) is 20.8 Å². The second-order valence-electron chi connectivity index (χ2n) is 6.56. The van der Waals surface area contributed by atoms with Crippen LogP contribution in [0.4, 0.5) is 11.4 Å². The Bertz CT molecular complexity index is 686. The lowest BCUT2D eigenvalue weighted by molar-refractivity contribution is -0.138. The molecule has 0 radical (unpaired) electrons. The number of piperazine rings is 1. The number of sulfonamides is 1. The van der Waals surface area contributed by atoms with Crippen molar-refractivity contribution in [3.05, 3.63) is 18.2 Å². The van der Waals surface area contributed by atoms with Crippen molar-refractivity contribution in [1.29, 1.82) is 0 Å². The number of hydrogen-bond donors (Lipinski definition) is 3. The smallest absolute Gasteiger partial charge is 0.293 e. The number of anilines is 2. The lowest BCUT2D eigenvalue weighted by Crippen LogP contribution is -2.43. The maximum atomic E-state index is 11.4. The van der Waals surface area contributed by atoms with Gasteiger partial charge in [0, 0.05) is 26.2 Å². The second kappa shape index (κ2) is 9.84. The predicted octanol–water partition coefficient (Wildman–Crippen LogP) is 1.70. The Morgan fingerprint density at radius 1 is 1.35 bits per heavy atom. The SMILES string of the molecule is CC(C)(C)OC=O.O=S(=O)(CCl)Nc1cccc(N2CCNCC2)c1O. The van der Waals surface area contributed by atoms with Crippen molar-refractivity contribution < 1.29 is 23.1 Å². The van der Waals surface area contributed by atoms with Crippen molar-refractivity contribution in [2.75, 3.05) is 41.0 Å². The molecular formula is C16H26ClN3O5S. The minimum atomic E-state index is -3.62. The molecule has 0 saturated carbocycles. The number of nitrogens with one attached hydrogen (secondary N) is 2. The number of phenols is 1. The Morgan fingerprint density at radius 3 is 2.42 bits per heavy atom. The van der Waals surface area contributed by atoms with Crippen LogP contribution in [0.3, 0.4) is 0 Å². The van der Waals surface area contributed by atoms with Gasteiger partial charge in [-0.1, -0.05) is 6.07 Å². The molecule has 1 aromatic rings. The molecule has 8 nitrogen and oxygen atoms in total. The highest BCUT2D eigenvalue weighted by atomic mass is 35.5. The molecule has 3 N–H and O–H groups in total. The average molecular weight is 408 g/mol. The summed E-state index contributed by atoms with van der Waals surface area (Å²) in [6.45, 7) is 9.11. The van der Waals surface area contributed by atoms with E-state index in [1.165, 1.54) is 6.07 Å². The van der Waals surface area contributed by atoms with Gasteiger partial charge in [0.15, 0.2) is 5.75 Å². The summed E-state index contributed by atoms with van der Waals surface area (Å²) in [5.41, 5.74) is 0.454. The Kier molecular flexibility index (Phi) is 8.45. The number of para-hydroxylation sites is 1. The van der Waals surface area contributed by atoms with E-state index in [1.807, 2.05) is 25.7 Å². The molecule has 1 fully saturated rings. The highest BCUT2D eigenvalue weighted by Gasteiger charge is 2.18. The minimum Gasteiger partial charge on any atom is -0.504 e. The number of benzene rings is 1. The van der Waals surface area contributed by atoms with Crippen LogP contribution in [0, 0.1) is 0 Å². The number of phenolic OH excluding ortho intramolecular Hbond substituents is 1. The van der Waals surface area contributed by atoms with Gasteiger partial charge in [0.2, 0.25) is 10.0 Å². The van der Waals surface area contributed by atoms with Gasteiger partial charge in [0.1, 0.15) is 10.8 Å². The monoisotopic (exact) mass is 407 g/mol. The standard InChI is InChI=1S/C11H16ClN3O3S.C5H10O2/c12-8-19(17,18)14-9-2-1-3-10(11(9)16)15-6-4-13-5-7-15;1-5(2,3)7-4-6/h1-3,13-14,16H,4-8H2;4H,1-3H3. The van der Waals surface area contributed by atoms with E-state index in [0.717, 1.165) is 26.2 Å². The van der Waals surface area contributed by atoms with E-state index in [9.17, 15) is 18.3 Å². The van der Waals surface area contributed by atoms with Gasteiger partial charge in [0.05, 0.1) is 11.4 Å². The molecule has 1 saturated heterocycles.